The van der Waals surface area contributed by atoms with Crippen LogP contribution in [0.4, 0.5) is 4.79 Å². The van der Waals surface area contributed by atoms with Gasteiger partial charge in [-0.2, -0.15) is 0 Å². The van der Waals surface area contributed by atoms with Gasteiger partial charge in [-0.1, -0.05) is 23.2 Å². The van der Waals surface area contributed by atoms with Gasteiger partial charge in [0.1, 0.15) is 16.6 Å². The van der Waals surface area contributed by atoms with Crippen molar-refractivity contribution in [3.8, 4) is 0 Å². The zero-order chi connectivity index (χ0) is 9.56. The molecule has 0 aromatic carbocycles. The Hall–Kier alpha value is -0.0900. The summed E-state index contributed by atoms with van der Waals surface area (Å²) in [5.41, 5.74) is 0. The maximum absolute atomic E-state index is 8.98. The Bertz CT molecular complexity index is 246. The highest BCUT2D eigenvalue weighted by molar-refractivity contribution is 6.93. The van der Waals surface area contributed by atoms with Crippen molar-refractivity contribution in [3.05, 3.63) is 22.7 Å². The third-order valence-electron chi connectivity index (χ3n) is 0.600. The van der Waals surface area contributed by atoms with Gasteiger partial charge < -0.3 is 0 Å². The van der Waals surface area contributed by atoms with E-state index in [-0.39, 0.29) is 0 Å². The molecule has 0 saturated carbocycles. The van der Waals surface area contributed by atoms with E-state index in [2.05, 4.69) is 33.2 Å². The number of hydrogen-bond acceptors (Lipinski definition) is 3. The van der Waals surface area contributed by atoms with Crippen LogP contribution in [0.1, 0.15) is 0 Å². The molecular weight excluding hydrogens is 246 g/mol. The number of rotatable bonds is 0. The fourth-order valence-corrected chi connectivity index (χ4v) is 0.662. The fraction of sp³-hybridized carbons (Fsp3) is 0. The SMILES string of the molecule is Clc1cc(Cl)ncn1.O=C(Cl)Cl. The Labute approximate surface area is 88.6 Å². The molecule has 0 aliphatic rings. The van der Waals surface area contributed by atoms with Gasteiger partial charge in [0.05, 0.1) is 0 Å². The van der Waals surface area contributed by atoms with Crippen molar-refractivity contribution in [1.29, 1.82) is 0 Å². The molecule has 0 atom stereocenters. The average Bonchev–Trinajstić information content (AvgIpc) is 1.84. The molecule has 0 aliphatic carbocycles. The zero-order valence-corrected chi connectivity index (χ0v) is 8.49. The summed E-state index contributed by atoms with van der Waals surface area (Å²) < 4.78 is -0.889. The highest BCUT2D eigenvalue weighted by Gasteiger charge is 1.87. The second-order valence-corrected chi connectivity index (χ2v) is 3.04. The Balaban J connectivity index is 0.000000261. The maximum atomic E-state index is 8.98. The lowest BCUT2D eigenvalue weighted by atomic mass is 10.7. The third-order valence-corrected chi connectivity index (χ3v) is 1.01. The summed E-state index contributed by atoms with van der Waals surface area (Å²) in [6.45, 7) is 0. The molecule has 0 spiro atoms. The normalized spacial score (nSPS) is 8.33. The molecule has 0 fully saturated rings. The molecule has 0 unspecified atom stereocenters. The molecule has 1 aromatic heterocycles. The Kier molecular flexibility index (Phi) is 6.38. The predicted molar refractivity (Wildman–Crippen MR) is 49.2 cm³/mol. The fourth-order valence-electron chi connectivity index (χ4n) is 0.312. The molecule has 0 radical (unpaired) electrons. The molecular formula is C5H2Cl4N2O. The summed E-state index contributed by atoms with van der Waals surface area (Å²) >= 11 is 19.6. The van der Waals surface area contributed by atoms with Gasteiger partial charge in [0, 0.05) is 6.07 Å². The van der Waals surface area contributed by atoms with Crippen molar-refractivity contribution in [2.24, 2.45) is 0 Å². The number of hydrogen-bond donors (Lipinski definition) is 0. The second-order valence-electron chi connectivity index (χ2n) is 1.39. The largest absolute Gasteiger partial charge is 0.313 e. The van der Waals surface area contributed by atoms with Crippen molar-refractivity contribution in [2.45, 2.75) is 0 Å². The summed E-state index contributed by atoms with van der Waals surface area (Å²) in [7, 11) is 0. The molecule has 0 amide bonds. The summed E-state index contributed by atoms with van der Waals surface area (Å²) in [4.78, 5) is 16.2. The minimum Gasteiger partial charge on any atom is -0.262 e. The molecule has 1 rings (SSSR count). The van der Waals surface area contributed by atoms with Gasteiger partial charge in [0.2, 0.25) is 0 Å². The lowest BCUT2D eigenvalue weighted by Crippen LogP contribution is -1.76. The van der Waals surface area contributed by atoms with E-state index in [4.69, 9.17) is 28.0 Å². The van der Waals surface area contributed by atoms with Gasteiger partial charge in [-0.3, -0.25) is 4.79 Å². The van der Waals surface area contributed by atoms with E-state index in [1.165, 1.54) is 12.4 Å². The molecule has 66 valence electrons. The number of carbonyl (C=O) groups is 1. The van der Waals surface area contributed by atoms with Gasteiger partial charge in [-0.15, -0.1) is 0 Å². The van der Waals surface area contributed by atoms with Crippen LogP contribution in [0.5, 0.6) is 0 Å². The number of aromatic nitrogens is 2. The Morgan fingerprint density at radius 1 is 1.17 bits per heavy atom. The van der Waals surface area contributed by atoms with Gasteiger partial charge >= 0.3 is 4.70 Å². The topological polar surface area (TPSA) is 42.9 Å². The second kappa shape index (κ2) is 6.43. The van der Waals surface area contributed by atoms with Crippen LogP contribution in [0.2, 0.25) is 10.3 Å². The van der Waals surface area contributed by atoms with Crippen LogP contribution < -0.4 is 0 Å². The van der Waals surface area contributed by atoms with E-state index in [1.54, 1.807) is 0 Å². The van der Waals surface area contributed by atoms with E-state index in [9.17, 15) is 0 Å². The Morgan fingerprint density at radius 2 is 1.50 bits per heavy atom. The number of carbonyl (C=O) groups excluding carboxylic acids is 1. The molecule has 0 aliphatic heterocycles. The summed E-state index contributed by atoms with van der Waals surface area (Å²) in [5.74, 6) is 0. The summed E-state index contributed by atoms with van der Waals surface area (Å²) in [6.07, 6.45) is 1.31. The van der Waals surface area contributed by atoms with Crippen molar-refractivity contribution in [2.75, 3.05) is 0 Å². The summed E-state index contributed by atoms with van der Waals surface area (Å²) in [5, 5.41) is 0.731. The Morgan fingerprint density at radius 3 is 1.67 bits per heavy atom. The van der Waals surface area contributed by atoms with Crippen molar-refractivity contribution >= 4 is 51.1 Å². The van der Waals surface area contributed by atoms with E-state index in [0.29, 0.717) is 10.3 Å². The number of nitrogens with zero attached hydrogens (tertiary/aromatic N) is 2. The molecule has 0 bridgehead atoms. The lowest BCUT2D eigenvalue weighted by molar-refractivity contribution is 0.275. The standard InChI is InChI=1S/C4H2Cl2N2.CCl2O/c5-3-1-4(6)8-2-7-3;2-1(3)4/h1-2H;. The average molecular weight is 248 g/mol. The molecule has 0 saturated heterocycles. The van der Waals surface area contributed by atoms with Gasteiger partial charge in [-0.05, 0) is 23.2 Å². The highest BCUT2D eigenvalue weighted by atomic mass is 35.5. The third kappa shape index (κ3) is 8.01. The van der Waals surface area contributed by atoms with Crippen LogP contribution in [0.15, 0.2) is 12.4 Å². The van der Waals surface area contributed by atoms with E-state index >= 15 is 0 Å². The minimum atomic E-state index is -0.889. The minimum absolute atomic E-state index is 0.366. The highest BCUT2D eigenvalue weighted by Crippen LogP contribution is 2.07. The molecule has 12 heavy (non-hydrogen) atoms. The maximum Gasteiger partial charge on any atom is 0.313 e. The van der Waals surface area contributed by atoms with Crippen LogP contribution in [0, 0.1) is 0 Å². The van der Waals surface area contributed by atoms with Crippen LogP contribution in [0.25, 0.3) is 0 Å². The molecule has 7 heteroatoms. The molecule has 3 nitrogen and oxygen atoms in total. The molecule has 0 N–H and O–H groups in total. The van der Waals surface area contributed by atoms with E-state index in [0.717, 1.165) is 0 Å². The van der Waals surface area contributed by atoms with Crippen LogP contribution in [-0.4, -0.2) is 14.7 Å². The van der Waals surface area contributed by atoms with Crippen LogP contribution in [-0.2, 0) is 0 Å². The monoisotopic (exact) mass is 246 g/mol. The quantitative estimate of drug-likeness (QED) is 0.522. The van der Waals surface area contributed by atoms with Crippen LogP contribution in [0.3, 0.4) is 0 Å². The lowest BCUT2D eigenvalue weighted by Gasteiger charge is -1.85. The first-order chi connectivity index (χ1) is 5.52. The molecule has 1 aromatic rings. The van der Waals surface area contributed by atoms with Crippen molar-refractivity contribution in [3.63, 3.8) is 0 Å². The van der Waals surface area contributed by atoms with E-state index < -0.39 is 4.70 Å². The zero-order valence-electron chi connectivity index (χ0n) is 5.47. The van der Waals surface area contributed by atoms with Crippen LogP contribution >= 0.6 is 46.4 Å². The smallest absolute Gasteiger partial charge is 0.262 e. The van der Waals surface area contributed by atoms with Gasteiger partial charge in [0.25, 0.3) is 0 Å². The van der Waals surface area contributed by atoms with Gasteiger partial charge in [-0.25, -0.2) is 9.97 Å². The first kappa shape index (κ1) is 11.9. The van der Waals surface area contributed by atoms with Crippen molar-refractivity contribution in [1.82, 2.24) is 9.97 Å². The predicted octanol–water partition coefficient (Wildman–Crippen LogP) is 3.37. The first-order valence-corrected chi connectivity index (χ1v) is 4.01. The first-order valence-electron chi connectivity index (χ1n) is 2.50. The molecule has 1 heterocycles. The van der Waals surface area contributed by atoms with Gasteiger partial charge in [0.15, 0.2) is 0 Å². The van der Waals surface area contributed by atoms with E-state index in [1.807, 2.05) is 0 Å². The number of halogens is 4. The summed E-state index contributed by atoms with van der Waals surface area (Å²) in [6, 6.07) is 1.48. The van der Waals surface area contributed by atoms with Crippen molar-refractivity contribution < 1.29 is 4.79 Å².